The Labute approximate surface area is 191 Å². The zero-order valence-corrected chi connectivity index (χ0v) is 19.6. The number of aryl methyl sites for hydroxylation is 1. The van der Waals surface area contributed by atoms with Gasteiger partial charge in [0.2, 0.25) is 5.95 Å². The fourth-order valence-electron chi connectivity index (χ4n) is 3.60. The van der Waals surface area contributed by atoms with Crippen LogP contribution in [0.3, 0.4) is 0 Å². The summed E-state index contributed by atoms with van der Waals surface area (Å²) in [6, 6.07) is 4.09. The number of benzene rings is 1. The van der Waals surface area contributed by atoms with Crippen LogP contribution in [0.25, 0.3) is 10.4 Å². The molecule has 0 amide bonds. The second kappa shape index (κ2) is 9.50. The first kappa shape index (κ1) is 22.6. The maximum atomic E-state index is 14.2. The van der Waals surface area contributed by atoms with Crippen LogP contribution in [0, 0.1) is 11.7 Å². The van der Waals surface area contributed by atoms with Crippen LogP contribution in [-0.2, 0) is 16.3 Å². The number of sulfone groups is 1. The molecule has 1 aliphatic heterocycles. The third kappa shape index (κ3) is 5.24. The Balaban J connectivity index is 1.31. The molecule has 2 aromatic heterocycles. The van der Waals surface area contributed by atoms with Crippen molar-refractivity contribution >= 4 is 27.1 Å². The summed E-state index contributed by atoms with van der Waals surface area (Å²) in [4.78, 5) is 15.8. The zero-order valence-electron chi connectivity index (χ0n) is 18.0. The molecule has 170 valence electrons. The molecule has 3 aromatic rings. The fourth-order valence-corrected chi connectivity index (χ4v) is 5.09. The summed E-state index contributed by atoms with van der Waals surface area (Å²) < 4.78 is 43.3. The Hall–Kier alpha value is -2.59. The highest BCUT2D eigenvalue weighted by molar-refractivity contribution is 7.90. The summed E-state index contributed by atoms with van der Waals surface area (Å²) in [5.74, 6) is 0.432. The van der Waals surface area contributed by atoms with E-state index in [1.807, 2.05) is 12.4 Å². The summed E-state index contributed by atoms with van der Waals surface area (Å²) >= 11 is 1.32. The molecule has 1 fully saturated rings. The molecule has 4 rings (SSSR count). The van der Waals surface area contributed by atoms with Gasteiger partial charge in [-0.25, -0.2) is 27.8 Å². The van der Waals surface area contributed by atoms with E-state index in [9.17, 15) is 12.8 Å². The molecule has 0 N–H and O–H groups in total. The van der Waals surface area contributed by atoms with Gasteiger partial charge in [0.15, 0.2) is 9.84 Å². The number of halogens is 1. The van der Waals surface area contributed by atoms with Gasteiger partial charge in [0.25, 0.3) is 5.19 Å². The Morgan fingerprint density at radius 2 is 1.88 bits per heavy atom. The Morgan fingerprint density at radius 1 is 1.16 bits per heavy atom. The standard InChI is InChI=1S/C22H25FN4O3S2/c1-3-15-11-24-21(25-12-15)27-8-6-16(7-9-27)14-30-22-26-13-19(31-22)17-4-5-20(18(23)10-17)32(2,28)29/h4-5,10-13,16H,3,6-9,14H2,1-2H3. The van der Waals surface area contributed by atoms with Crippen molar-refractivity contribution in [3.8, 4) is 15.6 Å². The van der Waals surface area contributed by atoms with Gasteiger partial charge >= 0.3 is 0 Å². The van der Waals surface area contributed by atoms with Crippen molar-refractivity contribution in [2.45, 2.75) is 31.1 Å². The summed E-state index contributed by atoms with van der Waals surface area (Å²) in [5, 5.41) is 0.522. The average Bonchev–Trinajstić information content (AvgIpc) is 3.26. The maximum absolute atomic E-state index is 14.2. The lowest BCUT2D eigenvalue weighted by Gasteiger charge is -2.31. The van der Waals surface area contributed by atoms with Crippen molar-refractivity contribution in [1.82, 2.24) is 15.0 Å². The van der Waals surface area contributed by atoms with Gasteiger partial charge < -0.3 is 9.64 Å². The molecule has 1 saturated heterocycles. The van der Waals surface area contributed by atoms with Crippen LogP contribution in [0.2, 0.25) is 0 Å². The molecule has 3 heterocycles. The van der Waals surface area contributed by atoms with Crippen LogP contribution in [-0.4, -0.2) is 49.3 Å². The number of nitrogens with zero attached hydrogens (tertiary/aromatic N) is 4. The van der Waals surface area contributed by atoms with E-state index in [0.29, 0.717) is 23.3 Å². The van der Waals surface area contributed by atoms with Crippen LogP contribution in [0.4, 0.5) is 10.3 Å². The summed E-state index contributed by atoms with van der Waals surface area (Å²) in [6.45, 7) is 4.42. The van der Waals surface area contributed by atoms with E-state index in [0.717, 1.165) is 55.0 Å². The molecule has 0 unspecified atom stereocenters. The van der Waals surface area contributed by atoms with Crippen molar-refractivity contribution in [3.05, 3.63) is 48.2 Å². The van der Waals surface area contributed by atoms with E-state index >= 15 is 0 Å². The first-order chi connectivity index (χ1) is 15.3. The summed E-state index contributed by atoms with van der Waals surface area (Å²) in [6.07, 6.45) is 9.28. The molecule has 0 atom stereocenters. The Kier molecular flexibility index (Phi) is 6.71. The van der Waals surface area contributed by atoms with Gasteiger partial charge in [-0.1, -0.05) is 24.3 Å². The number of piperidine rings is 1. The molecule has 0 spiro atoms. The van der Waals surface area contributed by atoms with Crippen molar-refractivity contribution in [3.63, 3.8) is 0 Å². The lowest BCUT2D eigenvalue weighted by molar-refractivity contribution is 0.221. The number of rotatable bonds is 7. The highest BCUT2D eigenvalue weighted by Gasteiger charge is 2.22. The number of hydrogen-bond donors (Lipinski definition) is 0. The van der Waals surface area contributed by atoms with E-state index in [2.05, 4.69) is 26.8 Å². The lowest BCUT2D eigenvalue weighted by atomic mass is 9.98. The van der Waals surface area contributed by atoms with E-state index in [4.69, 9.17) is 4.74 Å². The number of hydrogen-bond acceptors (Lipinski definition) is 8. The van der Waals surface area contributed by atoms with Crippen LogP contribution >= 0.6 is 11.3 Å². The van der Waals surface area contributed by atoms with Crippen LogP contribution in [0.5, 0.6) is 5.19 Å². The van der Waals surface area contributed by atoms with Gasteiger partial charge in [0.05, 0.1) is 11.5 Å². The molecule has 10 heteroatoms. The van der Waals surface area contributed by atoms with E-state index in [1.54, 1.807) is 12.3 Å². The first-order valence-corrected chi connectivity index (χ1v) is 13.2. The second-order valence-electron chi connectivity index (χ2n) is 7.89. The monoisotopic (exact) mass is 476 g/mol. The topological polar surface area (TPSA) is 85.3 Å². The smallest absolute Gasteiger partial charge is 0.273 e. The maximum Gasteiger partial charge on any atom is 0.273 e. The fraction of sp³-hybridized carbons (Fsp3) is 0.409. The van der Waals surface area contributed by atoms with Crippen molar-refractivity contribution in [1.29, 1.82) is 0 Å². The number of anilines is 1. The summed E-state index contributed by atoms with van der Waals surface area (Å²) in [7, 11) is -3.60. The minimum absolute atomic E-state index is 0.305. The number of ether oxygens (including phenoxy) is 1. The Bertz CT molecular complexity index is 1170. The molecule has 0 bridgehead atoms. The highest BCUT2D eigenvalue weighted by Crippen LogP contribution is 2.32. The van der Waals surface area contributed by atoms with E-state index in [1.165, 1.54) is 23.5 Å². The predicted molar refractivity (Wildman–Crippen MR) is 122 cm³/mol. The number of aromatic nitrogens is 3. The molecular weight excluding hydrogens is 451 g/mol. The van der Waals surface area contributed by atoms with Crippen molar-refractivity contribution in [2.75, 3.05) is 30.9 Å². The van der Waals surface area contributed by atoms with Crippen LogP contribution in [0.1, 0.15) is 25.3 Å². The third-order valence-electron chi connectivity index (χ3n) is 5.54. The van der Waals surface area contributed by atoms with Gasteiger partial charge in [0.1, 0.15) is 10.7 Å². The molecule has 0 saturated carbocycles. The molecule has 1 aromatic carbocycles. The predicted octanol–water partition coefficient (Wildman–Crippen LogP) is 4.00. The van der Waals surface area contributed by atoms with Crippen LogP contribution in [0.15, 0.2) is 41.7 Å². The van der Waals surface area contributed by atoms with Gasteiger partial charge in [-0.2, -0.15) is 0 Å². The largest absolute Gasteiger partial charge is 0.470 e. The second-order valence-corrected chi connectivity index (χ2v) is 10.9. The minimum atomic E-state index is -3.60. The quantitative estimate of drug-likeness (QED) is 0.509. The van der Waals surface area contributed by atoms with Crippen LogP contribution < -0.4 is 9.64 Å². The number of thiazole rings is 1. The minimum Gasteiger partial charge on any atom is -0.470 e. The molecule has 0 radical (unpaired) electrons. The molecule has 7 nitrogen and oxygen atoms in total. The van der Waals surface area contributed by atoms with E-state index in [-0.39, 0.29) is 4.90 Å². The highest BCUT2D eigenvalue weighted by atomic mass is 32.2. The zero-order chi connectivity index (χ0) is 22.7. The SMILES string of the molecule is CCc1cnc(N2CCC(COc3ncc(-c4ccc(S(C)(=O)=O)c(F)c4)s3)CC2)nc1. The molecule has 32 heavy (non-hydrogen) atoms. The van der Waals surface area contributed by atoms with Gasteiger partial charge in [0, 0.05) is 37.9 Å². The van der Waals surface area contributed by atoms with Crippen molar-refractivity contribution in [2.24, 2.45) is 5.92 Å². The molecule has 0 aliphatic carbocycles. The molecule has 1 aliphatic rings. The third-order valence-corrected chi connectivity index (χ3v) is 7.63. The Morgan fingerprint density at radius 3 is 2.50 bits per heavy atom. The average molecular weight is 477 g/mol. The normalized spacial score (nSPS) is 15.2. The van der Waals surface area contributed by atoms with Crippen molar-refractivity contribution < 1.29 is 17.5 Å². The van der Waals surface area contributed by atoms with Gasteiger partial charge in [-0.05, 0) is 48.4 Å². The van der Waals surface area contributed by atoms with Gasteiger partial charge in [-0.3, -0.25) is 0 Å². The molecular formula is C22H25FN4O3S2. The lowest BCUT2D eigenvalue weighted by Crippen LogP contribution is -2.36. The van der Waals surface area contributed by atoms with E-state index < -0.39 is 15.7 Å². The van der Waals surface area contributed by atoms with Gasteiger partial charge in [-0.15, -0.1) is 0 Å². The first-order valence-electron chi connectivity index (χ1n) is 10.5. The summed E-state index contributed by atoms with van der Waals surface area (Å²) in [5.41, 5.74) is 1.71.